The van der Waals surface area contributed by atoms with Crippen LogP contribution in [0.25, 0.3) is 5.57 Å². The van der Waals surface area contributed by atoms with Gasteiger partial charge in [0, 0.05) is 37.9 Å². The van der Waals surface area contributed by atoms with Gasteiger partial charge in [0.2, 0.25) is 5.78 Å². The zero-order valence-electron chi connectivity index (χ0n) is 19.2. The molecule has 0 bridgehead atoms. The average Bonchev–Trinajstić information content (AvgIpc) is 3.20. The quantitative estimate of drug-likeness (QED) is 0.663. The number of nitrogens with zero attached hydrogens (tertiary/aromatic N) is 2. The lowest BCUT2D eigenvalue weighted by molar-refractivity contribution is 0.0384. The van der Waals surface area contributed by atoms with Gasteiger partial charge in [0.15, 0.2) is 5.82 Å². The van der Waals surface area contributed by atoms with Crippen molar-refractivity contribution in [3.8, 4) is 0 Å². The molecule has 1 saturated heterocycles. The maximum atomic E-state index is 12.9. The molecule has 5 nitrogen and oxygen atoms in total. The first-order valence-corrected chi connectivity index (χ1v) is 11.6. The van der Waals surface area contributed by atoms with Gasteiger partial charge >= 0.3 is 0 Å². The number of imidazole rings is 1. The van der Waals surface area contributed by atoms with Crippen molar-refractivity contribution in [3.05, 3.63) is 58.7 Å². The Morgan fingerprint density at radius 1 is 1.26 bits per heavy atom. The summed E-state index contributed by atoms with van der Waals surface area (Å²) < 4.78 is 5.47. The number of hydrogen-bond acceptors (Lipinski definition) is 4. The minimum Gasteiger partial charge on any atom is -0.379 e. The van der Waals surface area contributed by atoms with E-state index in [9.17, 15) is 4.79 Å². The molecule has 1 aromatic carbocycles. The van der Waals surface area contributed by atoms with Crippen LogP contribution in [0.2, 0.25) is 0 Å². The molecule has 2 aliphatic rings. The second kappa shape index (κ2) is 9.49. The summed E-state index contributed by atoms with van der Waals surface area (Å²) in [6.07, 6.45) is 8.86. The van der Waals surface area contributed by atoms with Crippen molar-refractivity contribution in [1.29, 1.82) is 0 Å². The van der Waals surface area contributed by atoms with Crippen LogP contribution in [-0.4, -0.2) is 53.5 Å². The van der Waals surface area contributed by atoms with Gasteiger partial charge in [-0.2, -0.15) is 0 Å². The lowest BCUT2D eigenvalue weighted by Crippen LogP contribution is -2.37. The van der Waals surface area contributed by atoms with Crippen LogP contribution in [-0.2, 0) is 17.6 Å². The number of benzene rings is 1. The van der Waals surface area contributed by atoms with E-state index in [1.165, 1.54) is 23.1 Å². The van der Waals surface area contributed by atoms with E-state index in [4.69, 9.17) is 4.74 Å². The van der Waals surface area contributed by atoms with E-state index < -0.39 is 0 Å². The molecule has 1 aliphatic carbocycles. The molecule has 0 radical (unpaired) electrons. The first-order chi connectivity index (χ1) is 14.9. The zero-order chi connectivity index (χ0) is 21.8. The number of carbonyl (C=O) groups excluding carboxylic acids is 1. The third kappa shape index (κ3) is 5.72. The molecular weight excluding hydrogens is 386 g/mol. The summed E-state index contributed by atoms with van der Waals surface area (Å²) >= 11 is 0. The number of ether oxygens (including phenoxy) is 1. The van der Waals surface area contributed by atoms with E-state index in [0.29, 0.717) is 17.7 Å². The highest BCUT2D eigenvalue weighted by atomic mass is 16.5. The normalized spacial score (nSPS) is 19.3. The predicted molar refractivity (Wildman–Crippen MR) is 124 cm³/mol. The van der Waals surface area contributed by atoms with E-state index in [1.807, 2.05) is 6.92 Å². The number of hydrogen-bond donors (Lipinski definition) is 1. The molecule has 1 aliphatic heterocycles. The molecule has 0 amide bonds. The van der Waals surface area contributed by atoms with Gasteiger partial charge < -0.3 is 9.72 Å². The molecule has 0 atom stereocenters. The van der Waals surface area contributed by atoms with E-state index >= 15 is 0 Å². The average molecular weight is 422 g/mol. The van der Waals surface area contributed by atoms with Crippen molar-refractivity contribution in [2.24, 2.45) is 5.41 Å². The van der Waals surface area contributed by atoms with Crippen LogP contribution in [0.5, 0.6) is 0 Å². The van der Waals surface area contributed by atoms with Crippen molar-refractivity contribution < 1.29 is 9.53 Å². The van der Waals surface area contributed by atoms with Crippen molar-refractivity contribution in [1.82, 2.24) is 14.9 Å². The Morgan fingerprint density at radius 2 is 2.06 bits per heavy atom. The number of aromatic nitrogens is 2. The van der Waals surface area contributed by atoms with Gasteiger partial charge in [-0.05, 0) is 60.3 Å². The number of aromatic amines is 1. The maximum Gasteiger partial charge on any atom is 0.202 e. The molecule has 0 unspecified atom stereocenters. The lowest BCUT2D eigenvalue weighted by Gasteiger charge is -2.30. The first-order valence-electron chi connectivity index (χ1n) is 11.6. The molecule has 0 spiro atoms. The molecule has 4 rings (SSSR count). The fourth-order valence-electron chi connectivity index (χ4n) is 4.48. The highest BCUT2D eigenvalue weighted by molar-refractivity contribution is 5.95. The smallest absolute Gasteiger partial charge is 0.202 e. The zero-order valence-corrected chi connectivity index (χ0v) is 19.2. The van der Waals surface area contributed by atoms with Crippen LogP contribution >= 0.6 is 0 Å². The number of ketones is 1. The molecule has 2 heterocycles. The van der Waals surface area contributed by atoms with Gasteiger partial charge in [-0.25, -0.2) is 4.98 Å². The van der Waals surface area contributed by atoms with Crippen molar-refractivity contribution in [2.45, 2.75) is 52.9 Å². The third-order valence-electron chi connectivity index (χ3n) is 6.63. The number of morpholine rings is 1. The van der Waals surface area contributed by atoms with Crippen LogP contribution in [0.15, 0.2) is 30.5 Å². The van der Waals surface area contributed by atoms with Crippen LogP contribution in [0.4, 0.5) is 0 Å². The SMILES string of the molecule is Cc1cnc(C(=O)Cc2ccc(CCN3CCOCC3)cc2C2=CCC(C)(C)CC2)[nH]1. The van der Waals surface area contributed by atoms with Crippen LogP contribution in [0.3, 0.4) is 0 Å². The topological polar surface area (TPSA) is 58.2 Å². The summed E-state index contributed by atoms with van der Waals surface area (Å²) in [6, 6.07) is 6.70. The highest BCUT2D eigenvalue weighted by Gasteiger charge is 2.24. The van der Waals surface area contributed by atoms with Gasteiger partial charge in [-0.3, -0.25) is 9.69 Å². The molecule has 1 aromatic heterocycles. The lowest BCUT2D eigenvalue weighted by atomic mass is 9.76. The number of aryl methyl sites for hydroxylation is 1. The second-order valence-corrected chi connectivity index (χ2v) is 9.81. The third-order valence-corrected chi connectivity index (χ3v) is 6.63. The Morgan fingerprint density at radius 3 is 2.74 bits per heavy atom. The molecule has 1 fully saturated rings. The van der Waals surface area contributed by atoms with Crippen LogP contribution in [0, 0.1) is 12.3 Å². The van der Waals surface area contributed by atoms with Gasteiger partial charge in [0.05, 0.1) is 13.2 Å². The van der Waals surface area contributed by atoms with Gasteiger partial charge in [0.1, 0.15) is 0 Å². The summed E-state index contributed by atoms with van der Waals surface area (Å²) in [7, 11) is 0. The van der Waals surface area contributed by atoms with Gasteiger partial charge in [0.25, 0.3) is 0 Å². The van der Waals surface area contributed by atoms with Crippen LogP contribution in [0.1, 0.15) is 66.1 Å². The number of H-pyrrole nitrogens is 1. The fourth-order valence-corrected chi connectivity index (χ4v) is 4.48. The Kier molecular flexibility index (Phi) is 6.73. The van der Waals surface area contributed by atoms with E-state index in [0.717, 1.165) is 63.4 Å². The summed E-state index contributed by atoms with van der Waals surface area (Å²) in [5, 5.41) is 0. The Balaban J connectivity index is 1.55. The van der Waals surface area contributed by atoms with Crippen LogP contribution < -0.4 is 0 Å². The summed E-state index contributed by atoms with van der Waals surface area (Å²) in [5.41, 5.74) is 6.38. The van der Waals surface area contributed by atoms with Gasteiger partial charge in [-0.15, -0.1) is 0 Å². The molecule has 2 aromatic rings. The molecule has 166 valence electrons. The largest absolute Gasteiger partial charge is 0.379 e. The Labute approximate surface area is 185 Å². The summed E-state index contributed by atoms with van der Waals surface area (Å²) in [4.78, 5) is 22.6. The Hall–Kier alpha value is -2.24. The molecular formula is C26H35N3O2. The maximum absolute atomic E-state index is 12.9. The summed E-state index contributed by atoms with van der Waals surface area (Å²) in [5.74, 6) is 0.505. The number of allylic oxidation sites excluding steroid dienone is 2. The van der Waals surface area contributed by atoms with E-state index in [1.54, 1.807) is 6.20 Å². The number of carbonyl (C=O) groups is 1. The minimum atomic E-state index is 0.0483. The highest BCUT2D eigenvalue weighted by Crippen LogP contribution is 2.39. The minimum absolute atomic E-state index is 0.0483. The van der Waals surface area contributed by atoms with Crippen molar-refractivity contribution in [3.63, 3.8) is 0 Å². The molecule has 31 heavy (non-hydrogen) atoms. The number of rotatable bonds is 7. The Bertz CT molecular complexity index is 951. The van der Waals surface area contributed by atoms with E-state index in [2.05, 4.69) is 53.0 Å². The van der Waals surface area contributed by atoms with Crippen molar-refractivity contribution >= 4 is 11.4 Å². The predicted octanol–water partition coefficient (Wildman–Crippen LogP) is 4.61. The summed E-state index contributed by atoms with van der Waals surface area (Å²) in [6.45, 7) is 11.4. The number of Topliss-reactive ketones (excluding diaryl/α,β-unsaturated/α-hetero) is 1. The first kappa shape index (κ1) is 22.0. The number of nitrogens with one attached hydrogen (secondary N) is 1. The molecule has 0 saturated carbocycles. The standard InChI is InChI=1S/C26H35N3O2/c1-19-18-27-25(28-19)24(30)17-22-5-4-20(8-11-29-12-14-31-15-13-29)16-23(22)21-6-9-26(2,3)10-7-21/h4-6,16,18H,7-15,17H2,1-3H3,(H,27,28). The van der Waals surface area contributed by atoms with Gasteiger partial charge in [-0.1, -0.05) is 38.1 Å². The van der Waals surface area contributed by atoms with Crippen molar-refractivity contribution in [2.75, 3.05) is 32.8 Å². The monoisotopic (exact) mass is 421 g/mol. The second-order valence-electron chi connectivity index (χ2n) is 9.81. The molecule has 5 heteroatoms. The fraction of sp³-hybridized carbons (Fsp3) is 0.538. The molecule has 1 N–H and O–H groups in total. The van der Waals surface area contributed by atoms with E-state index in [-0.39, 0.29) is 5.78 Å².